The molecule has 1 aliphatic rings. The Labute approximate surface area is 129 Å². The van der Waals surface area contributed by atoms with Gasteiger partial charge in [0, 0.05) is 22.3 Å². The van der Waals surface area contributed by atoms with Crippen LogP contribution in [-0.2, 0) is 12.8 Å². The predicted octanol–water partition coefficient (Wildman–Crippen LogP) is 3.92. The molecule has 0 unspecified atom stereocenters. The predicted molar refractivity (Wildman–Crippen MR) is 87.6 cm³/mol. The molecule has 2 aromatic carbocycles. The van der Waals surface area contributed by atoms with E-state index in [0.717, 1.165) is 11.1 Å². The molecule has 0 atom stereocenters. The van der Waals surface area contributed by atoms with Gasteiger partial charge in [-0.15, -0.1) is 13.2 Å². The highest BCUT2D eigenvalue weighted by Gasteiger charge is 2.32. The van der Waals surface area contributed by atoms with Crippen LogP contribution < -0.4 is 0 Å². The van der Waals surface area contributed by atoms with E-state index in [4.69, 9.17) is 0 Å². The summed E-state index contributed by atoms with van der Waals surface area (Å²) in [7, 11) is 0. The van der Waals surface area contributed by atoms with Gasteiger partial charge in [-0.25, -0.2) is 0 Å². The van der Waals surface area contributed by atoms with E-state index >= 15 is 0 Å². The second-order valence-electron chi connectivity index (χ2n) is 5.32. The molecule has 1 aliphatic carbocycles. The third-order valence-corrected chi connectivity index (χ3v) is 3.98. The minimum absolute atomic E-state index is 0.0760. The first-order valence-corrected chi connectivity index (χ1v) is 7.24. The zero-order valence-corrected chi connectivity index (χ0v) is 12.3. The zero-order valence-electron chi connectivity index (χ0n) is 12.3. The maximum absolute atomic E-state index is 12.9. The van der Waals surface area contributed by atoms with Crippen molar-refractivity contribution in [2.24, 2.45) is 0 Å². The number of carbonyl (C=O) groups is 2. The molecule has 0 amide bonds. The average Bonchev–Trinajstić information content (AvgIpc) is 2.54. The van der Waals surface area contributed by atoms with Gasteiger partial charge >= 0.3 is 0 Å². The first kappa shape index (κ1) is 14.2. The molecule has 0 heterocycles. The van der Waals surface area contributed by atoms with Gasteiger partial charge in [-0.2, -0.15) is 0 Å². The highest BCUT2D eigenvalue weighted by molar-refractivity contribution is 6.29. The van der Waals surface area contributed by atoms with Crippen molar-refractivity contribution in [3.8, 4) is 0 Å². The van der Waals surface area contributed by atoms with Gasteiger partial charge in [0.05, 0.1) is 0 Å². The van der Waals surface area contributed by atoms with Crippen LogP contribution in [0.15, 0.2) is 61.7 Å². The molecule has 3 rings (SSSR count). The van der Waals surface area contributed by atoms with Gasteiger partial charge in [0.15, 0.2) is 11.6 Å². The van der Waals surface area contributed by atoms with Crippen LogP contribution in [-0.4, -0.2) is 11.6 Å². The van der Waals surface area contributed by atoms with Crippen molar-refractivity contribution >= 4 is 11.6 Å². The van der Waals surface area contributed by atoms with E-state index < -0.39 is 0 Å². The van der Waals surface area contributed by atoms with Crippen LogP contribution in [0.3, 0.4) is 0 Å². The third-order valence-electron chi connectivity index (χ3n) is 3.98. The van der Waals surface area contributed by atoms with E-state index in [1.54, 1.807) is 36.4 Å². The van der Waals surface area contributed by atoms with Gasteiger partial charge in [0.25, 0.3) is 0 Å². The van der Waals surface area contributed by atoms with E-state index in [1.165, 1.54) is 0 Å². The van der Waals surface area contributed by atoms with E-state index in [0.29, 0.717) is 35.1 Å². The summed E-state index contributed by atoms with van der Waals surface area (Å²) in [4.78, 5) is 25.8. The van der Waals surface area contributed by atoms with Crippen LogP contribution >= 0.6 is 0 Å². The molecular weight excluding hydrogens is 272 g/mol. The van der Waals surface area contributed by atoms with Crippen LogP contribution in [0.5, 0.6) is 0 Å². The van der Waals surface area contributed by atoms with E-state index in [1.807, 2.05) is 12.1 Å². The molecule has 22 heavy (non-hydrogen) atoms. The highest BCUT2D eigenvalue weighted by Crippen LogP contribution is 2.32. The van der Waals surface area contributed by atoms with E-state index in [-0.39, 0.29) is 11.6 Å². The normalized spacial score (nSPS) is 12.5. The number of ketones is 2. The quantitative estimate of drug-likeness (QED) is 0.682. The van der Waals surface area contributed by atoms with Crippen LogP contribution in [0.2, 0.25) is 0 Å². The van der Waals surface area contributed by atoms with E-state index in [9.17, 15) is 9.59 Å². The van der Waals surface area contributed by atoms with Gasteiger partial charge < -0.3 is 0 Å². The number of hydrogen-bond acceptors (Lipinski definition) is 2. The van der Waals surface area contributed by atoms with E-state index in [2.05, 4.69) is 13.2 Å². The SMILES string of the molecule is C=CCc1ccc(CC=C)c2c1C(=O)c1ccccc1C2=O. The summed E-state index contributed by atoms with van der Waals surface area (Å²) in [6, 6.07) is 10.8. The van der Waals surface area contributed by atoms with Crippen molar-refractivity contribution in [1.82, 2.24) is 0 Å². The molecule has 0 aromatic heterocycles. The van der Waals surface area contributed by atoms with Crippen LogP contribution in [0, 0.1) is 0 Å². The number of fused-ring (bicyclic) bond motifs is 2. The number of allylic oxidation sites excluding steroid dienone is 2. The van der Waals surface area contributed by atoms with Crippen molar-refractivity contribution in [2.75, 3.05) is 0 Å². The molecule has 2 heteroatoms. The Morgan fingerprint density at radius 2 is 1.14 bits per heavy atom. The number of carbonyl (C=O) groups excluding carboxylic acids is 2. The molecule has 108 valence electrons. The van der Waals surface area contributed by atoms with Gasteiger partial charge in [0.2, 0.25) is 0 Å². The Morgan fingerprint density at radius 1 is 0.727 bits per heavy atom. The lowest BCUT2D eigenvalue weighted by Crippen LogP contribution is -2.24. The molecule has 0 aliphatic heterocycles. The Balaban J connectivity index is 2.33. The molecular formula is C20H16O2. The van der Waals surface area contributed by atoms with Gasteiger partial charge in [-0.1, -0.05) is 48.6 Å². The number of hydrogen-bond donors (Lipinski definition) is 0. The first-order chi connectivity index (χ1) is 10.7. The second kappa shape index (κ2) is 5.57. The molecule has 0 radical (unpaired) electrons. The standard InChI is InChI=1S/C20H16O2/c1-3-7-13-11-12-14(8-4-2)18-17(13)19(21)15-9-5-6-10-16(15)20(18)22/h3-6,9-12H,1-2,7-8H2. The van der Waals surface area contributed by atoms with Gasteiger partial charge in [0.1, 0.15) is 0 Å². The smallest absolute Gasteiger partial charge is 0.194 e. The monoisotopic (exact) mass is 288 g/mol. The summed E-state index contributed by atoms with van der Waals surface area (Å²) in [6.45, 7) is 7.48. The topological polar surface area (TPSA) is 34.1 Å². The van der Waals surface area contributed by atoms with Crippen molar-refractivity contribution in [3.05, 3.63) is 95.1 Å². The van der Waals surface area contributed by atoms with Crippen molar-refractivity contribution in [2.45, 2.75) is 12.8 Å². The van der Waals surface area contributed by atoms with Crippen LogP contribution in [0.25, 0.3) is 0 Å². The zero-order chi connectivity index (χ0) is 15.7. The Hall–Kier alpha value is -2.74. The molecule has 0 spiro atoms. The molecule has 0 saturated heterocycles. The third kappa shape index (κ3) is 2.04. The fourth-order valence-electron chi connectivity index (χ4n) is 3.01. The summed E-state index contributed by atoms with van der Waals surface area (Å²) in [6.07, 6.45) is 4.64. The summed E-state index contributed by atoms with van der Waals surface area (Å²) in [5.74, 6) is -0.152. The molecule has 2 nitrogen and oxygen atoms in total. The largest absolute Gasteiger partial charge is 0.289 e. The summed E-state index contributed by atoms with van der Waals surface area (Å²) < 4.78 is 0. The summed E-state index contributed by atoms with van der Waals surface area (Å²) in [5, 5.41) is 0. The fraction of sp³-hybridized carbons (Fsp3) is 0.100. The average molecular weight is 288 g/mol. The molecule has 0 bridgehead atoms. The van der Waals surface area contributed by atoms with Crippen molar-refractivity contribution in [3.63, 3.8) is 0 Å². The number of benzene rings is 2. The first-order valence-electron chi connectivity index (χ1n) is 7.24. The second-order valence-corrected chi connectivity index (χ2v) is 5.32. The molecule has 0 N–H and O–H groups in total. The van der Waals surface area contributed by atoms with Gasteiger partial charge in [-0.05, 0) is 24.0 Å². The maximum atomic E-state index is 12.9. The lowest BCUT2D eigenvalue weighted by molar-refractivity contribution is 0.0977. The minimum Gasteiger partial charge on any atom is -0.289 e. The molecule has 2 aromatic rings. The van der Waals surface area contributed by atoms with Crippen LogP contribution in [0.4, 0.5) is 0 Å². The number of rotatable bonds is 4. The molecule has 0 saturated carbocycles. The Kier molecular flexibility index (Phi) is 3.60. The van der Waals surface area contributed by atoms with Gasteiger partial charge in [-0.3, -0.25) is 9.59 Å². The van der Waals surface area contributed by atoms with Crippen molar-refractivity contribution in [1.29, 1.82) is 0 Å². The fourth-order valence-corrected chi connectivity index (χ4v) is 3.01. The summed E-state index contributed by atoms with van der Waals surface area (Å²) >= 11 is 0. The minimum atomic E-state index is -0.0760. The lowest BCUT2D eigenvalue weighted by atomic mass is 9.78. The summed E-state index contributed by atoms with van der Waals surface area (Å²) in [5.41, 5.74) is 3.74. The van der Waals surface area contributed by atoms with Crippen molar-refractivity contribution < 1.29 is 9.59 Å². The Bertz CT molecular complexity index is 744. The lowest BCUT2D eigenvalue weighted by Gasteiger charge is -2.22. The highest BCUT2D eigenvalue weighted by atomic mass is 16.1. The Morgan fingerprint density at radius 3 is 1.50 bits per heavy atom. The van der Waals surface area contributed by atoms with Crippen LogP contribution in [0.1, 0.15) is 43.0 Å². The maximum Gasteiger partial charge on any atom is 0.194 e. The molecule has 0 fully saturated rings.